The molecule has 2 saturated heterocycles. The van der Waals surface area contributed by atoms with Gasteiger partial charge in [0.15, 0.2) is 0 Å². The third-order valence-electron chi connectivity index (χ3n) is 4.71. The van der Waals surface area contributed by atoms with E-state index in [9.17, 15) is 0 Å². The van der Waals surface area contributed by atoms with Crippen molar-refractivity contribution in [3.05, 3.63) is 0 Å². The number of hydrogen-bond acceptors (Lipinski definition) is 2. The molecule has 0 aromatic carbocycles. The third-order valence-corrected chi connectivity index (χ3v) is 4.71. The number of nitrogens with zero attached hydrogens (tertiary/aromatic N) is 1. The molecule has 94 valence electrons. The van der Waals surface area contributed by atoms with E-state index >= 15 is 0 Å². The smallest absolute Gasteiger partial charge is 0.0125 e. The Balaban J connectivity index is 2.00. The lowest BCUT2D eigenvalue weighted by Crippen LogP contribution is -2.55. The van der Waals surface area contributed by atoms with Gasteiger partial charge in [-0.1, -0.05) is 13.8 Å². The molecule has 0 saturated carbocycles. The molecule has 0 radical (unpaired) electrons. The summed E-state index contributed by atoms with van der Waals surface area (Å²) in [5.74, 6) is 1.75. The zero-order chi connectivity index (χ0) is 11.7. The van der Waals surface area contributed by atoms with Gasteiger partial charge in [0.2, 0.25) is 0 Å². The fraction of sp³-hybridized carbons (Fsp3) is 1.00. The molecule has 2 aliphatic rings. The average molecular weight is 224 g/mol. The van der Waals surface area contributed by atoms with Crippen LogP contribution in [0.2, 0.25) is 0 Å². The molecule has 5 unspecified atom stereocenters. The van der Waals surface area contributed by atoms with Gasteiger partial charge < -0.3 is 5.32 Å². The molecule has 0 spiro atoms. The van der Waals surface area contributed by atoms with E-state index in [1.54, 1.807) is 0 Å². The Morgan fingerprint density at radius 3 is 2.50 bits per heavy atom. The van der Waals surface area contributed by atoms with Crippen LogP contribution in [0, 0.1) is 11.8 Å². The summed E-state index contributed by atoms with van der Waals surface area (Å²) in [7, 11) is 0. The van der Waals surface area contributed by atoms with Gasteiger partial charge in [0.25, 0.3) is 0 Å². The molecule has 2 heterocycles. The minimum atomic E-state index is 0.707. The highest BCUT2D eigenvalue weighted by atomic mass is 15.2. The Bertz CT molecular complexity index is 229. The normalized spacial score (nSPS) is 46.9. The maximum absolute atomic E-state index is 3.56. The van der Waals surface area contributed by atoms with E-state index < -0.39 is 0 Å². The number of hydrogen-bond donors (Lipinski definition) is 1. The van der Waals surface area contributed by atoms with Crippen LogP contribution in [0.25, 0.3) is 0 Å². The van der Waals surface area contributed by atoms with Gasteiger partial charge >= 0.3 is 0 Å². The first-order valence-corrected chi connectivity index (χ1v) is 7.07. The first kappa shape index (κ1) is 12.4. The Hall–Kier alpha value is -0.0800. The summed E-state index contributed by atoms with van der Waals surface area (Å²) in [6, 6.07) is 2.32. The third kappa shape index (κ3) is 2.60. The molecule has 2 aliphatic heterocycles. The predicted octanol–water partition coefficient (Wildman–Crippen LogP) is 2.49. The summed E-state index contributed by atoms with van der Waals surface area (Å²) in [6.45, 7) is 12.1. The van der Waals surface area contributed by atoms with Crippen LogP contribution in [0.4, 0.5) is 0 Å². The fourth-order valence-electron chi connectivity index (χ4n) is 3.65. The summed E-state index contributed by atoms with van der Waals surface area (Å²) < 4.78 is 0. The van der Waals surface area contributed by atoms with E-state index in [-0.39, 0.29) is 0 Å². The molecule has 0 bridgehead atoms. The maximum Gasteiger partial charge on any atom is 0.0125 e. The van der Waals surface area contributed by atoms with Crippen LogP contribution in [0.1, 0.15) is 47.0 Å². The predicted molar refractivity (Wildman–Crippen MR) is 69.6 cm³/mol. The minimum Gasteiger partial charge on any atom is -0.314 e. The monoisotopic (exact) mass is 224 g/mol. The summed E-state index contributed by atoms with van der Waals surface area (Å²) >= 11 is 0. The van der Waals surface area contributed by atoms with Crippen LogP contribution in [-0.2, 0) is 0 Å². The van der Waals surface area contributed by atoms with Crippen LogP contribution in [-0.4, -0.2) is 36.1 Å². The first-order valence-electron chi connectivity index (χ1n) is 7.07. The lowest BCUT2D eigenvalue weighted by atomic mass is 9.83. The molecule has 5 atom stereocenters. The van der Waals surface area contributed by atoms with Gasteiger partial charge in [-0.25, -0.2) is 0 Å². The Labute approximate surface area is 101 Å². The number of rotatable bonds is 1. The summed E-state index contributed by atoms with van der Waals surface area (Å²) in [5.41, 5.74) is 0. The largest absolute Gasteiger partial charge is 0.314 e. The average Bonchev–Trinajstić information content (AvgIpc) is 2.23. The molecule has 16 heavy (non-hydrogen) atoms. The molecule has 2 heteroatoms. The Morgan fingerprint density at radius 2 is 1.81 bits per heavy atom. The summed E-state index contributed by atoms with van der Waals surface area (Å²) in [5, 5.41) is 3.56. The van der Waals surface area contributed by atoms with Crippen LogP contribution in [0.15, 0.2) is 0 Å². The van der Waals surface area contributed by atoms with Crippen LogP contribution in [0.5, 0.6) is 0 Å². The van der Waals surface area contributed by atoms with Gasteiger partial charge in [-0.15, -0.1) is 0 Å². The van der Waals surface area contributed by atoms with Gasteiger partial charge in [0.1, 0.15) is 0 Å². The second kappa shape index (κ2) is 5.05. The lowest BCUT2D eigenvalue weighted by molar-refractivity contribution is 0.0231. The fourth-order valence-corrected chi connectivity index (χ4v) is 3.65. The van der Waals surface area contributed by atoms with E-state index in [1.165, 1.54) is 32.4 Å². The molecular formula is C14H28N2. The molecule has 0 aromatic heterocycles. The van der Waals surface area contributed by atoms with E-state index in [2.05, 4.69) is 37.9 Å². The molecule has 2 rings (SSSR count). The van der Waals surface area contributed by atoms with Crippen molar-refractivity contribution in [1.29, 1.82) is 0 Å². The van der Waals surface area contributed by atoms with Crippen molar-refractivity contribution in [3.63, 3.8) is 0 Å². The van der Waals surface area contributed by atoms with Crippen LogP contribution in [0.3, 0.4) is 0 Å². The van der Waals surface area contributed by atoms with Gasteiger partial charge in [-0.05, 0) is 51.5 Å². The highest BCUT2D eigenvalue weighted by Gasteiger charge is 2.34. The van der Waals surface area contributed by atoms with Crippen LogP contribution < -0.4 is 5.32 Å². The first-order chi connectivity index (χ1) is 7.58. The molecule has 0 aliphatic carbocycles. The van der Waals surface area contributed by atoms with Crippen LogP contribution >= 0.6 is 0 Å². The number of nitrogens with one attached hydrogen (secondary N) is 1. The van der Waals surface area contributed by atoms with Crippen molar-refractivity contribution >= 4 is 0 Å². The molecule has 2 nitrogen and oxygen atoms in total. The molecule has 0 amide bonds. The highest BCUT2D eigenvalue weighted by molar-refractivity contribution is 4.90. The standard InChI is InChI=1S/C14H28N2/c1-10-7-11(2)13(4)16(9-10)14-5-6-15-12(3)8-14/h10-15H,5-9H2,1-4H3. The molecule has 1 N–H and O–H groups in total. The zero-order valence-electron chi connectivity index (χ0n) is 11.4. The van der Waals surface area contributed by atoms with E-state index in [1.807, 2.05) is 0 Å². The number of likely N-dealkylation sites (tertiary alicyclic amines) is 1. The van der Waals surface area contributed by atoms with Crippen molar-refractivity contribution in [1.82, 2.24) is 10.2 Å². The quantitative estimate of drug-likeness (QED) is 0.736. The Kier molecular flexibility index (Phi) is 3.91. The van der Waals surface area contributed by atoms with Gasteiger partial charge in [0, 0.05) is 24.7 Å². The van der Waals surface area contributed by atoms with Crippen molar-refractivity contribution in [2.24, 2.45) is 11.8 Å². The van der Waals surface area contributed by atoms with E-state index in [4.69, 9.17) is 0 Å². The van der Waals surface area contributed by atoms with Crippen molar-refractivity contribution < 1.29 is 0 Å². The SMILES string of the molecule is CC1CC(C)C(C)N(C2CCNC(C)C2)C1. The topological polar surface area (TPSA) is 15.3 Å². The van der Waals surface area contributed by atoms with Crippen molar-refractivity contribution in [3.8, 4) is 0 Å². The maximum atomic E-state index is 3.56. The molecule has 0 aromatic rings. The van der Waals surface area contributed by atoms with Crippen molar-refractivity contribution in [2.45, 2.75) is 65.1 Å². The van der Waals surface area contributed by atoms with E-state index in [0.717, 1.165) is 23.9 Å². The van der Waals surface area contributed by atoms with Crippen molar-refractivity contribution in [2.75, 3.05) is 13.1 Å². The Morgan fingerprint density at radius 1 is 1.06 bits per heavy atom. The second-order valence-electron chi connectivity index (χ2n) is 6.29. The van der Waals surface area contributed by atoms with Gasteiger partial charge in [-0.3, -0.25) is 4.90 Å². The second-order valence-corrected chi connectivity index (χ2v) is 6.29. The van der Waals surface area contributed by atoms with E-state index in [0.29, 0.717) is 6.04 Å². The molecular weight excluding hydrogens is 196 g/mol. The summed E-state index contributed by atoms with van der Waals surface area (Å²) in [6.07, 6.45) is 4.09. The lowest BCUT2D eigenvalue weighted by Gasteiger charge is -2.47. The zero-order valence-corrected chi connectivity index (χ0v) is 11.4. The number of piperidine rings is 2. The molecule has 2 fully saturated rings. The minimum absolute atomic E-state index is 0.707. The van der Waals surface area contributed by atoms with Gasteiger partial charge in [-0.2, -0.15) is 0 Å². The summed E-state index contributed by atoms with van der Waals surface area (Å²) in [4.78, 5) is 2.80. The highest BCUT2D eigenvalue weighted by Crippen LogP contribution is 2.31. The van der Waals surface area contributed by atoms with Gasteiger partial charge in [0.05, 0.1) is 0 Å².